The van der Waals surface area contributed by atoms with Crippen LogP contribution in [0.2, 0.25) is 0 Å². The summed E-state index contributed by atoms with van der Waals surface area (Å²) in [6.07, 6.45) is 2.88. The third kappa shape index (κ3) is 5.39. The number of oxazole rings is 1. The van der Waals surface area contributed by atoms with Gasteiger partial charge in [0.25, 0.3) is 5.91 Å². The highest BCUT2D eigenvalue weighted by atomic mass is 16.5. The van der Waals surface area contributed by atoms with E-state index in [0.717, 1.165) is 44.8 Å². The number of benzene rings is 1. The van der Waals surface area contributed by atoms with E-state index >= 15 is 0 Å². The van der Waals surface area contributed by atoms with E-state index in [1.165, 1.54) is 6.26 Å². The molecular weight excluding hydrogens is 332 g/mol. The van der Waals surface area contributed by atoms with Crippen LogP contribution >= 0.6 is 0 Å². The molecule has 1 saturated heterocycles. The molecule has 1 aromatic heterocycles. The molecule has 0 spiro atoms. The third-order valence-corrected chi connectivity index (χ3v) is 4.41. The molecule has 140 valence electrons. The molecule has 0 radical (unpaired) electrons. The van der Waals surface area contributed by atoms with Crippen LogP contribution in [0.4, 0.5) is 0 Å². The first kappa shape index (κ1) is 18.6. The van der Waals surface area contributed by atoms with Crippen LogP contribution < -0.4 is 11.1 Å². The van der Waals surface area contributed by atoms with E-state index < -0.39 is 0 Å². The van der Waals surface area contributed by atoms with E-state index in [1.807, 2.05) is 30.3 Å². The monoisotopic (exact) mass is 358 g/mol. The van der Waals surface area contributed by atoms with E-state index in [2.05, 4.69) is 15.2 Å². The maximum Gasteiger partial charge on any atom is 0.273 e. The second kappa shape index (κ2) is 9.47. The number of aromatic nitrogens is 1. The van der Waals surface area contributed by atoms with E-state index in [1.54, 1.807) is 0 Å². The Labute approximate surface area is 153 Å². The molecule has 1 aromatic carbocycles. The van der Waals surface area contributed by atoms with Crippen LogP contribution in [-0.2, 0) is 11.2 Å². The summed E-state index contributed by atoms with van der Waals surface area (Å²) in [4.78, 5) is 18.8. The zero-order valence-corrected chi connectivity index (χ0v) is 14.9. The van der Waals surface area contributed by atoms with Crippen molar-refractivity contribution >= 4 is 5.91 Å². The van der Waals surface area contributed by atoms with Gasteiger partial charge in [0, 0.05) is 19.6 Å². The second-order valence-corrected chi connectivity index (χ2v) is 6.43. The molecular formula is C19H26N4O3. The smallest absolute Gasteiger partial charge is 0.273 e. The molecule has 7 heteroatoms. The largest absolute Gasteiger partial charge is 0.446 e. The number of carbonyl (C=O) groups excluding carboxylic acids is 1. The van der Waals surface area contributed by atoms with Crippen molar-refractivity contribution in [2.75, 3.05) is 39.4 Å². The van der Waals surface area contributed by atoms with Crippen molar-refractivity contribution in [3.8, 4) is 0 Å². The Balaban J connectivity index is 1.42. The predicted molar refractivity (Wildman–Crippen MR) is 97.8 cm³/mol. The SMILES string of the molecule is NC(Cc1ccccc1)c1nc(C(=O)NCCCN2CCOCC2)co1. The van der Waals surface area contributed by atoms with Gasteiger partial charge in [0.15, 0.2) is 5.69 Å². The average Bonchev–Trinajstić information content (AvgIpc) is 3.17. The first-order valence-corrected chi connectivity index (χ1v) is 9.05. The van der Waals surface area contributed by atoms with Crippen molar-refractivity contribution in [2.45, 2.75) is 18.9 Å². The number of amides is 1. The van der Waals surface area contributed by atoms with Gasteiger partial charge in [0.1, 0.15) is 6.26 Å². The Morgan fingerprint density at radius 1 is 1.27 bits per heavy atom. The number of carbonyl (C=O) groups is 1. The molecule has 1 unspecified atom stereocenters. The Bertz CT molecular complexity index is 683. The highest BCUT2D eigenvalue weighted by molar-refractivity contribution is 5.91. The van der Waals surface area contributed by atoms with Gasteiger partial charge in [-0.2, -0.15) is 0 Å². The van der Waals surface area contributed by atoms with Crippen LogP contribution in [0.15, 0.2) is 41.0 Å². The fraction of sp³-hybridized carbons (Fsp3) is 0.474. The Morgan fingerprint density at radius 3 is 2.81 bits per heavy atom. The summed E-state index contributed by atoms with van der Waals surface area (Å²) in [5.74, 6) is 0.154. The van der Waals surface area contributed by atoms with Crippen LogP contribution in [0.1, 0.15) is 34.4 Å². The fourth-order valence-electron chi connectivity index (χ4n) is 2.94. The second-order valence-electron chi connectivity index (χ2n) is 6.43. The lowest BCUT2D eigenvalue weighted by molar-refractivity contribution is 0.0374. The molecule has 1 amide bonds. The maximum absolute atomic E-state index is 12.2. The summed E-state index contributed by atoms with van der Waals surface area (Å²) >= 11 is 0. The van der Waals surface area contributed by atoms with Gasteiger partial charge in [-0.3, -0.25) is 9.69 Å². The number of nitrogens with zero attached hydrogens (tertiary/aromatic N) is 2. The molecule has 3 rings (SSSR count). The lowest BCUT2D eigenvalue weighted by Gasteiger charge is -2.26. The molecule has 1 fully saturated rings. The molecule has 0 saturated carbocycles. The lowest BCUT2D eigenvalue weighted by atomic mass is 10.1. The molecule has 26 heavy (non-hydrogen) atoms. The van der Waals surface area contributed by atoms with E-state index in [0.29, 0.717) is 18.9 Å². The van der Waals surface area contributed by atoms with Crippen molar-refractivity contribution in [2.24, 2.45) is 5.73 Å². The Morgan fingerprint density at radius 2 is 2.04 bits per heavy atom. The van der Waals surface area contributed by atoms with Crippen molar-refractivity contribution in [1.82, 2.24) is 15.2 Å². The topological polar surface area (TPSA) is 93.6 Å². The first-order chi connectivity index (χ1) is 12.7. The fourth-order valence-corrected chi connectivity index (χ4v) is 2.94. The van der Waals surface area contributed by atoms with E-state index in [-0.39, 0.29) is 17.6 Å². The zero-order valence-electron chi connectivity index (χ0n) is 14.9. The molecule has 1 atom stereocenters. The van der Waals surface area contributed by atoms with Crippen LogP contribution in [0, 0.1) is 0 Å². The molecule has 0 bridgehead atoms. The molecule has 0 aliphatic carbocycles. The Kier molecular flexibility index (Phi) is 6.76. The summed E-state index contributed by atoms with van der Waals surface area (Å²) in [6.45, 7) is 5.05. The van der Waals surface area contributed by atoms with Crippen molar-refractivity contribution < 1.29 is 13.9 Å². The van der Waals surface area contributed by atoms with Gasteiger partial charge >= 0.3 is 0 Å². The zero-order chi connectivity index (χ0) is 18.2. The summed E-state index contributed by atoms with van der Waals surface area (Å²) in [6, 6.07) is 9.53. The van der Waals surface area contributed by atoms with Crippen molar-refractivity contribution in [1.29, 1.82) is 0 Å². The summed E-state index contributed by atoms with van der Waals surface area (Å²) in [7, 11) is 0. The van der Waals surface area contributed by atoms with Gasteiger partial charge in [-0.15, -0.1) is 0 Å². The van der Waals surface area contributed by atoms with Crippen LogP contribution in [0.3, 0.4) is 0 Å². The van der Waals surface area contributed by atoms with Gasteiger partial charge in [0.05, 0.1) is 19.3 Å². The minimum Gasteiger partial charge on any atom is -0.446 e. The van der Waals surface area contributed by atoms with Gasteiger partial charge in [-0.05, 0) is 24.9 Å². The van der Waals surface area contributed by atoms with Crippen LogP contribution in [0.25, 0.3) is 0 Å². The van der Waals surface area contributed by atoms with Gasteiger partial charge in [-0.25, -0.2) is 4.98 Å². The van der Waals surface area contributed by atoms with Gasteiger partial charge in [0.2, 0.25) is 5.89 Å². The molecule has 2 aromatic rings. The number of hydrogen-bond donors (Lipinski definition) is 2. The number of nitrogens with two attached hydrogens (primary N) is 1. The first-order valence-electron chi connectivity index (χ1n) is 9.05. The van der Waals surface area contributed by atoms with E-state index in [9.17, 15) is 4.79 Å². The summed E-state index contributed by atoms with van der Waals surface area (Å²) in [5.41, 5.74) is 7.52. The molecule has 3 N–H and O–H groups in total. The van der Waals surface area contributed by atoms with Crippen molar-refractivity contribution in [3.05, 3.63) is 53.7 Å². The Hall–Kier alpha value is -2.22. The number of rotatable bonds is 8. The molecule has 1 aliphatic heterocycles. The third-order valence-electron chi connectivity index (χ3n) is 4.41. The lowest BCUT2D eigenvalue weighted by Crippen LogP contribution is -2.38. The molecule has 2 heterocycles. The minimum absolute atomic E-state index is 0.228. The maximum atomic E-state index is 12.2. The number of hydrogen-bond acceptors (Lipinski definition) is 6. The van der Waals surface area contributed by atoms with Crippen LogP contribution in [0.5, 0.6) is 0 Å². The molecule has 1 aliphatic rings. The van der Waals surface area contributed by atoms with Crippen LogP contribution in [-0.4, -0.2) is 55.2 Å². The van der Waals surface area contributed by atoms with Gasteiger partial charge in [-0.1, -0.05) is 30.3 Å². The van der Waals surface area contributed by atoms with Gasteiger partial charge < -0.3 is 20.2 Å². The number of morpholine rings is 1. The standard InChI is InChI=1S/C19H26N4O3/c20-16(13-15-5-2-1-3-6-15)19-22-17(14-26-19)18(24)21-7-4-8-23-9-11-25-12-10-23/h1-3,5-6,14,16H,4,7-13,20H2,(H,21,24). The minimum atomic E-state index is -0.375. The highest BCUT2D eigenvalue weighted by Gasteiger charge is 2.17. The normalized spacial score (nSPS) is 16.3. The average molecular weight is 358 g/mol. The molecule has 7 nitrogen and oxygen atoms in total. The summed E-state index contributed by atoms with van der Waals surface area (Å²) < 4.78 is 10.7. The quantitative estimate of drug-likeness (QED) is 0.692. The predicted octanol–water partition coefficient (Wildman–Crippen LogP) is 1.37. The summed E-state index contributed by atoms with van der Waals surface area (Å²) in [5, 5.41) is 2.88. The van der Waals surface area contributed by atoms with Crippen molar-refractivity contribution in [3.63, 3.8) is 0 Å². The number of ether oxygens (including phenoxy) is 1. The number of nitrogens with one attached hydrogen (secondary N) is 1. The van der Waals surface area contributed by atoms with E-state index in [4.69, 9.17) is 14.9 Å². The highest BCUT2D eigenvalue weighted by Crippen LogP contribution is 2.15.